The number of thioether (sulfide) groups is 2. The maximum absolute atomic E-state index is 13.1. The van der Waals surface area contributed by atoms with Gasteiger partial charge < -0.3 is 20.8 Å². The van der Waals surface area contributed by atoms with Gasteiger partial charge in [0, 0.05) is 35.3 Å². The molecule has 2 amide bonds. The minimum Gasteiger partial charge on any atom is -0.374 e. The van der Waals surface area contributed by atoms with E-state index in [2.05, 4.69) is 30.0 Å². The van der Waals surface area contributed by atoms with Gasteiger partial charge in [-0.2, -0.15) is 9.36 Å². The van der Waals surface area contributed by atoms with Gasteiger partial charge in [0.2, 0.25) is 11.5 Å². The number of aromatic nitrogens is 4. The first kappa shape index (κ1) is 25.2. The Kier molecular flexibility index (Phi) is 7.64. The van der Waals surface area contributed by atoms with Gasteiger partial charge in [-0.3, -0.25) is 9.59 Å². The highest BCUT2D eigenvalue weighted by Crippen LogP contribution is 2.37. The Hall–Kier alpha value is -2.43. The van der Waals surface area contributed by atoms with Gasteiger partial charge in [-0.25, -0.2) is 0 Å². The van der Waals surface area contributed by atoms with E-state index in [1.54, 1.807) is 33.9 Å². The number of anilines is 1. The van der Waals surface area contributed by atoms with Crippen LogP contribution in [0.4, 0.5) is 5.13 Å². The SMILES string of the molecule is Nc1nc(C(=NOc2ccc(Cl)c(Cl)c2)C(=O)NC2C(=O)N3C=C(CSc4nncs4)CS[C@@H]23)ns1. The summed E-state index contributed by atoms with van der Waals surface area (Å²) >= 11 is 17.4. The van der Waals surface area contributed by atoms with Crippen molar-refractivity contribution in [3.8, 4) is 5.75 Å². The van der Waals surface area contributed by atoms with Crippen molar-refractivity contribution in [1.29, 1.82) is 0 Å². The molecule has 3 aromatic rings. The molecule has 4 heterocycles. The van der Waals surface area contributed by atoms with Crippen LogP contribution < -0.4 is 15.9 Å². The summed E-state index contributed by atoms with van der Waals surface area (Å²) in [5.41, 5.74) is 8.22. The smallest absolute Gasteiger partial charge is 0.278 e. The van der Waals surface area contributed by atoms with Crippen LogP contribution in [0.5, 0.6) is 5.75 Å². The lowest BCUT2D eigenvalue weighted by Gasteiger charge is -2.47. The quantitative estimate of drug-likeness (QED) is 0.171. The number of hydrogen-bond acceptors (Lipinski definition) is 13. The predicted molar refractivity (Wildman–Crippen MR) is 142 cm³/mol. The molecule has 1 unspecified atom stereocenters. The number of nitrogens with zero attached hydrogens (tertiary/aromatic N) is 6. The van der Waals surface area contributed by atoms with Crippen LogP contribution in [0.1, 0.15) is 5.82 Å². The number of rotatable bonds is 8. The number of β-lactam (4-membered cyclic amide) rings is 1. The van der Waals surface area contributed by atoms with Crippen LogP contribution in [0, 0.1) is 0 Å². The Labute approximate surface area is 230 Å². The number of fused-ring (bicyclic) bond motifs is 1. The summed E-state index contributed by atoms with van der Waals surface area (Å²) < 4.78 is 4.92. The first-order valence-corrected chi connectivity index (χ1v) is 14.5. The third-order valence-corrected chi connectivity index (χ3v) is 9.48. The molecule has 2 atom stereocenters. The van der Waals surface area contributed by atoms with Gasteiger partial charge in [0.05, 0.1) is 10.0 Å². The first-order chi connectivity index (χ1) is 17.4. The van der Waals surface area contributed by atoms with Gasteiger partial charge in [-0.15, -0.1) is 22.0 Å². The molecule has 0 radical (unpaired) electrons. The Morgan fingerprint density at radius 1 is 1.36 bits per heavy atom. The molecule has 2 aliphatic heterocycles. The van der Waals surface area contributed by atoms with Crippen molar-refractivity contribution in [2.24, 2.45) is 5.16 Å². The molecule has 186 valence electrons. The lowest BCUT2D eigenvalue weighted by Crippen LogP contribution is -2.69. The number of amides is 2. The standard InChI is InChI=1S/C19H14Cl2N8O3S4/c20-10-2-1-9(3-11(10)21)32-27-12(14-25-18(22)36-28-14)15(30)24-13-16(31)29-4-8(5-33-17(13)29)6-34-19-26-23-7-35-19/h1-4,7,13,17H,5-6H2,(H,24,30)(H2,22,25,28)/t13?,17-/m0/s1. The minimum absolute atomic E-state index is 0.0223. The largest absolute Gasteiger partial charge is 0.374 e. The molecule has 36 heavy (non-hydrogen) atoms. The number of nitrogens with two attached hydrogens (primary N) is 1. The predicted octanol–water partition coefficient (Wildman–Crippen LogP) is 3.14. The van der Waals surface area contributed by atoms with E-state index in [4.69, 9.17) is 33.8 Å². The summed E-state index contributed by atoms with van der Waals surface area (Å²) in [6, 6.07) is 3.78. The van der Waals surface area contributed by atoms with Gasteiger partial charge >= 0.3 is 0 Å². The number of nitrogen functional groups attached to an aromatic ring is 1. The average Bonchev–Trinajstić information content (AvgIpc) is 3.55. The van der Waals surface area contributed by atoms with Crippen molar-refractivity contribution < 1.29 is 14.4 Å². The van der Waals surface area contributed by atoms with Crippen molar-refractivity contribution in [3.05, 3.63) is 51.4 Å². The Balaban J connectivity index is 1.27. The number of nitrogens with one attached hydrogen (secondary N) is 1. The lowest BCUT2D eigenvalue weighted by molar-refractivity contribution is -0.143. The van der Waals surface area contributed by atoms with Crippen LogP contribution in [-0.4, -0.2) is 64.9 Å². The second-order valence-electron chi connectivity index (χ2n) is 7.24. The number of halogens is 2. The molecule has 3 N–H and O–H groups in total. The van der Waals surface area contributed by atoms with Gasteiger partial charge in [0.25, 0.3) is 11.8 Å². The van der Waals surface area contributed by atoms with Gasteiger partial charge in [0.1, 0.15) is 16.9 Å². The van der Waals surface area contributed by atoms with Crippen LogP contribution in [-0.2, 0) is 9.59 Å². The molecule has 11 nitrogen and oxygen atoms in total. The van der Waals surface area contributed by atoms with Gasteiger partial charge in [0.15, 0.2) is 15.2 Å². The van der Waals surface area contributed by atoms with E-state index in [0.717, 1.165) is 27.2 Å². The third-order valence-electron chi connectivity index (χ3n) is 4.85. The number of carbonyl (C=O) groups excluding carboxylic acids is 2. The molecule has 2 aromatic heterocycles. The minimum atomic E-state index is -0.734. The third kappa shape index (κ3) is 5.45. The Bertz CT molecular complexity index is 1370. The molecule has 1 fully saturated rings. The number of hydrogen-bond donors (Lipinski definition) is 2. The zero-order valence-corrected chi connectivity index (χ0v) is 22.6. The molecular formula is C19H14Cl2N8O3S4. The van der Waals surface area contributed by atoms with Crippen molar-refractivity contribution >= 4 is 92.3 Å². The Morgan fingerprint density at radius 2 is 2.22 bits per heavy atom. The van der Waals surface area contributed by atoms with E-state index < -0.39 is 11.9 Å². The van der Waals surface area contributed by atoms with E-state index in [1.165, 1.54) is 29.5 Å². The van der Waals surface area contributed by atoms with E-state index in [-0.39, 0.29) is 38.7 Å². The fourth-order valence-electron chi connectivity index (χ4n) is 3.18. The summed E-state index contributed by atoms with van der Waals surface area (Å²) in [7, 11) is 0. The number of carbonyl (C=O) groups is 2. The molecule has 0 spiro atoms. The highest BCUT2D eigenvalue weighted by Gasteiger charge is 2.49. The maximum Gasteiger partial charge on any atom is 0.278 e. The van der Waals surface area contributed by atoms with E-state index in [9.17, 15) is 9.59 Å². The Morgan fingerprint density at radius 3 is 2.94 bits per heavy atom. The van der Waals surface area contributed by atoms with E-state index in [1.807, 2.05) is 6.20 Å². The summed E-state index contributed by atoms with van der Waals surface area (Å²) in [5, 5.41) is 15.0. The van der Waals surface area contributed by atoms with Crippen molar-refractivity contribution in [3.63, 3.8) is 0 Å². The van der Waals surface area contributed by atoms with Gasteiger partial charge in [-0.05, 0) is 17.7 Å². The summed E-state index contributed by atoms with van der Waals surface area (Å²) in [5.74, 6) is 0.748. The van der Waals surface area contributed by atoms with Gasteiger partial charge in [-0.1, -0.05) is 51.5 Å². The molecule has 0 aliphatic carbocycles. The molecule has 0 bridgehead atoms. The van der Waals surface area contributed by atoms with Crippen LogP contribution in [0.25, 0.3) is 0 Å². The lowest BCUT2D eigenvalue weighted by atomic mass is 10.1. The van der Waals surface area contributed by atoms with Crippen LogP contribution in [0.2, 0.25) is 10.0 Å². The molecule has 17 heteroatoms. The van der Waals surface area contributed by atoms with E-state index >= 15 is 0 Å². The molecular weight excluding hydrogens is 587 g/mol. The molecule has 2 aliphatic rings. The fraction of sp³-hybridized carbons (Fsp3) is 0.211. The number of oxime groups is 1. The highest BCUT2D eigenvalue weighted by molar-refractivity contribution is 8.01. The summed E-state index contributed by atoms with van der Waals surface area (Å²) in [4.78, 5) is 36.9. The summed E-state index contributed by atoms with van der Waals surface area (Å²) in [6.45, 7) is 0. The van der Waals surface area contributed by atoms with Crippen LogP contribution in [0.15, 0.2) is 45.0 Å². The zero-order chi connectivity index (χ0) is 25.2. The molecule has 5 rings (SSSR count). The van der Waals surface area contributed by atoms with E-state index in [0.29, 0.717) is 10.8 Å². The average molecular weight is 602 g/mol. The second kappa shape index (κ2) is 10.9. The number of benzene rings is 1. The molecule has 0 saturated carbocycles. The first-order valence-electron chi connectivity index (χ1n) is 10.0. The maximum atomic E-state index is 13.1. The normalized spacial score (nSPS) is 19.4. The van der Waals surface area contributed by atoms with Crippen LogP contribution in [0.3, 0.4) is 0 Å². The van der Waals surface area contributed by atoms with Crippen LogP contribution >= 0.6 is 69.6 Å². The van der Waals surface area contributed by atoms with Crippen molar-refractivity contribution in [1.82, 2.24) is 29.8 Å². The van der Waals surface area contributed by atoms with Crippen molar-refractivity contribution in [2.75, 3.05) is 17.2 Å². The fourth-order valence-corrected chi connectivity index (χ4v) is 6.74. The van der Waals surface area contributed by atoms with Crippen molar-refractivity contribution in [2.45, 2.75) is 15.8 Å². The molecule has 1 aromatic carbocycles. The molecule has 1 saturated heterocycles. The zero-order valence-electron chi connectivity index (χ0n) is 17.8. The topological polar surface area (TPSA) is 149 Å². The monoisotopic (exact) mass is 600 g/mol. The highest BCUT2D eigenvalue weighted by atomic mass is 35.5. The summed E-state index contributed by atoms with van der Waals surface area (Å²) in [6.07, 6.45) is 1.84. The second-order valence-corrected chi connectivity index (χ2v) is 12.0.